The fourth-order valence-electron chi connectivity index (χ4n) is 2.40. The normalized spacial score (nSPS) is 11.7. The topological polar surface area (TPSA) is 65.8 Å². The van der Waals surface area contributed by atoms with E-state index in [1.807, 2.05) is 12.1 Å². The third-order valence-electron chi connectivity index (χ3n) is 4.05. The van der Waals surface area contributed by atoms with Crippen LogP contribution in [0.4, 0.5) is 5.69 Å². The molecule has 0 radical (unpaired) electrons. The molecule has 0 aliphatic rings. The molecule has 2 aromatic rings. The van der Waals surface area contributed by atoms with Gasteiger partial charge in [0, 0.05) is 6.20 Å². The molecule has 0 saturated heterocycles. The second-order valence-corrected chi connectivity index (χ2v) is 7.92. The number of carbonyl (C=O) groups excluding carboxylic acids is 1. The lowest BCUT2D eigenvalue weighted by Gasteiger charge is -2.22. The van der Waals surface area contributed by atoms with Gasteiger partial charge in [0.15, 0.2) is 0 Å². The van der Waals surface area contributed by atoms with E-state index in [4.69, 9.17) is 11.6 Å². The molecule has 0 fully saturated rings. The fourth-order valence-corrected chi connectivity index (χ4v) is 2.86. The molecule has 130 valence electrons. The monoisotopic (exact) mass is 355 g/mol. The molecule has 0 aliphatic carbocycles. The molecule has 25 heavy (non-hydrogen) atoms. The van der Waals surface area contributed by atoms with Crippen molar-refractivity contribution in [2.24, 2.45) is 0 Å². The van der Waals surface area contributed by atoms with E-state index in [1.54, 1.807) is 32.0 Å². The lowest BCUT2D eigenvalue weighted by molar-refractivity contribution is 0.102. The van der Waals surface area contributed by atoms with Crippen molar-refractivity contribution in [1.29, 1.82) is 5.26 Å². The molecule has 1 aromatic heterocycles. The molecule has 0 saturated carbocycles. The first-order valence-corrected chi connectivity index (χ1v) is 8.42. The molecular formula is C20H22ClN3O. The molecule has 1 aromatic carbocycles. The SMILES string of the molecule is CC(C)(C)c1cccc(NC(=O)c2cc(C(C)(C)C#N)ccn2)c1Cl. The van der Waals surface area contributed by atoms with Gasteiger partial charge in [-0.3, -0.25) is 9.78 Å². The second-order valence-electron chi connectivity index (χ2n) is 7.54. The van der Waals surface area contributed by atoms with Crippen LogP contribution in [0.1, 0.15) is 56.2 Å². The fraction of sp³-hybridized carbons (Fsp3) is 0.350. The second kappa shape index (κ2) is 6.85. The number of rotatable bonds is 3. The Morgan fingerprint density at radius 3 is 2.48 bits per heavy atom. The van der Waals surface area contributed by atoms with Gasteiger partial charge in [-0.1, -0.05) is 44.5 Å². The number of hydrogen-bond donors (Lipinski definition) is 1. The molecule has 5 heteroatoms. The number of benzene rings is 1. The average Bonchev–Trinajstić information content (AvgIpc) is 2.55. The number of anilines is 1. The minimum atomic E-state index is -0.693. The summed E-state index contributed by atoms with van der Waals surface area (Å²) >= 11 is 6.47. The van der Waals surface area contributed by atoms with Crippen molar-refractivity contribution in [3.63, 3.8) is 0 Å². The highest BCUT2D eigenvalue weighted by atomic mass is 35.5. The average molecular weight is 356 g/mol. The van der Waals surface area contributed by atoms with Gasteiger partial charge in [0.25, 0.3) is 5.91 Å². The highest BCUT2D eigenvalue weighted by Crippen LogP contribution is 2.34. The summed E-state index contributed by atoms with van der Waals surface area (Å²) in [5, 5.41) is 12.6. The van der Waals surface area contributed by atoms with Gasteiger partial charge < -0.3 is 5.32 Å². The van der Waals surface area contributed by atoms with Crippen molar-refractivity contribution >= 4 is 23.2 Å². The van der Waals surface area contributed by atoms with Crippen LogP contribution in [0.3, 0.4) is 0 Å². The van der Waals surface area contributed by atoms with E-state index >= 15 is 0 Å². The van der Waals surface area contributed by atoms with Crippen LogP contribution in [0, 0.1) is 11.3 Å². The van der Waals surface area contributed by atoms with Crippen LogP contribution in [0.2, 0.25) is 5.02 Å². The van der Waals surface area contributed by atoms with Gasteiger partial charge in [-0.25, -0.2) is 0 Å². The van der Waals surface area contributed by atoms with Gasteiger partial charge >= 0.3 is 0 Å². The van der Waals surface area contributed by atoms with E-state index in [2.05, 4.69) is 37.1 Å². The Labute approximate surface area is 153 Å². The number of aromatic nitrogens is 1. The lowest BCUT2D eigenvalue weighted by Crippen LogP contribution is -2.19. The number of halogens is 1. The Morgan fingerprint density at radius 2 is 1.88 bits per heavy atom. The third-order valence-corrected chi connectivity index (χ3v) is 4.46. The standard InChI is InChI=1S/C20H22ClN3O/c1-19(2,3)14-7-6-8-15(17(14)21)24-18(25)16-11-13(9-10-23-16)20(4,5)12-22/h6-11H,1-5H3,(H,24,25). The minimum absolute atomic E-state index is 0.132. The van der Waals surface area contributed by atoms with Crippen LogP contribution in [-0.4, -0.2) is 10.9 Å². The van der Waals surface area contributed by atoms with Gasteiger partial charge in [-0.05, 0) is 48.6 Å². The number of amides is 1. The quantitative estimate of drug-likeness (QED) is 0.834. The zero-order valence-electron chi connectivity index (χ0n) is 15.1. The van der Waals surface area contributed by atoms with Crippen molar-refractivity contribution in [3.05, 3.63) is 58.4 Å². The molecule has 1 heterocycles. The lowest BCUT2D eigenvalue weighted by atomic mass is 9.86. The predicted octanol–water partition coefficient (Wildman–Crippen LogP) is 5.09. The van der Waals surface area contributed by atoms with E-state index in [-0.39, 0.29) is 17.0 Å². The first kappa shape index (κ1) is 19.0. The van der Waals surface area contributed by atoms with Crippen molar-refractivity contribution < 1.29 is 4.79 Å². The Morgan fingerprint density at radius 1 is 1.20 bits per heavy atom. The summed E-state index contributed by atoms with van der Waals surface area (Å²) in [6.45, 7) is 9.79. The van der Waals surface area contributed by atoms with Crippen LogP contribution in [0.15, 0.2) is 36.5 Å². The van der Waals surface area contributed by atoms with Crippen LogP contribution < -0.4 is 5.32 Å². The van der Waals surface area contributed by atoms with Crippen molar-refractivity contribution in [2.75, 3.05) is 5.32 Å². The summed E-state index contributed by atoms with van der Waals surface area (Å²) in [6, 6.07) is 11.2. The van der Waals surface area contributed by atoms with Crippen LogP contribution in [-0.2, 0) is 10.8 Å². The summed E-state index contributed by atoms with van der Waals surface area (Å²) in [7, 11) is 0. The summed E-state index contributed by atoms with van der Waals surface area (Å²) in [5.41, 5.74) is 1.67. The zero-order valence-corrected chi connectivity index (χ0v) is 15.9. The van der Waals surface area contributed by atoms with Gasteiger partial charge in [-0.15, -0.1) is 0 Å². The van der Waals surface area contributed by atoms with Gasteiger partial charge in [0.05, 0.1) is 22.2 Å². The van der Waals surface area contributed by atoms with Crippen LogP contribution >= 0.6 is 11.6 Å². The zero-order chi connectivity index (χ0) is 18.8. The highest BCUT2D eigenvalue weighted by Gasteiger charge is 2.23. The molecular weight excluding hydrogens is 334 g/mol. The molecule has 0 unspecified atom stereocenters. The number of pyridine rings is 1. The van der Waals surface area contributed by atoms with Crippen LogP contribution in [0.25, 0.3) is 0 Å². The maximum atomic E-state index is 12.6. The summed E-state index contributed by atoms with van der Waals surface area (Å²) in [4.78, 5) is 16.7. The maximum absolute atomic E-state index is 12.6. The Bertz CT molecular complexity index is 845. The first-order valence-electron chi connectivity index (χ1n) is 8.04. The molecule has 0 aliphatic heterocycles. The van der Waals surface area contributed by atoms with Gasteiger partial charge in [0.2, 0.25) is 0 Å². The minimum Gasteiger partial charge on any atom is -0.319 e. The predicted molar refractivity (Wildman–Crippen MR) is 101 cm³/mol. The molecule has 2 rings (SSSR count). The number of nitrogens with zero attached hydrogens (tertiary/aromatic N) is 2. The Hall–Kier alpha value is -2.38. The molecule has 4 nitrogen and oxygen atoms in total. The molecule has 0 atom stereocenters. The van der Waals surface area contributed by atoms with Crippen molar-refractivity contribution in [2.45, 2.75) is 45.4 Å². The van der Waals surface area contributed by atoms with E-state index in [0.29, 0.717) is 10.7 Å². The van der Waals surface area contributed by atoms with Gasteiger partial charge in [-0.2, -0.15) is 5.26 Å². The number of hydrogen-bond acceptors (Lipinski definition) is 3. The van der Waals surface area contributed by atoms with Crippen molar-refractivity contribution in [3.8, 4) is 6.07 Å². The highest BCUT2D eigenvalue weighted by molar-refractivity contribution is 6.34. The van der Waals surface area contributed by atoms with E-state index in [9.17, 15) is 10.1 Å². The molecule has 1 amide bonds. The number of carbonyl (C=O) groups is 1. The first-order chi connectivity index (χ1) is 11.6. The number of nitrogens with one attached hydrogen (secondary N) is 1. The van der Waals surface area contributed by atoms with E-state index in [0.717, 1.165) is 11.1 Å². The largest absolute Gasteiger partial charge is 0.319 e. The number of nitriles is 1. The van der Waals surface area contributed by atoms with Gasteiger partial charge in [0.1, 0.15) is 5.69 Å². The van der Waals surface area contributed by atoms with E-state index in [1.165, 1.54) is 6.20 Å². The van der Waals surface area contributed by atoms with Crippen LogP contribution in [0.5, 0.6) is 0 Å². The Balaban J connectivity index is 2.33. The summed E-state index contributed by atoms with van der Waals surface area (Å²) in [5.74, 6) is -0.358. The molecule has 1 N–H and O–H groups in total. The van der Waals surface area contributed by atoms with Crippen molar-refractivity contribution in [1.82, 2.24) is 4.98 Å². The summed E-state index contributed by atoms with van der Waals surface area (Å²) in [6.07, 6.45) is 1.54. The molecule has 0 bridgehead atoms. The molecule has 0 spiro atoms. The third kappa shape index (κ3) is 4.18. The Kier molecular flexibility index (Phi) is 5.20. The smallest absolute Gasteiger partial charge is 0.274 e. The summed E-state index contributed by atoms with van der Waals surface area (Å²) < 4.78 is 0. The van der Waals surface area contributed by atoms with E-state index < -0.39 is 5.41 Å². The maximum Gasteiger partial charge on any atom is 0.274 e.